The molecule has 0 aliphatic heterocycles. The molecule has 0 saturated carbocycles. The predicted octanol–water partition coefficient (Wildman–Crippen LogP) is 3.88. The van der Waals surface area contributed by atoms with Gasteiger partial charge in [-0.1, -0.05) is 23.7 Å². The maximum Gasteiger partial charge on any atom is 0.277 e. The van der Waals surface area contributed by atoms with Gasteiger partial charge in [0.05, 0.1) is 16.6 Å². The summed E-state index contributed by atoms with van der Waals surface area (Å²) in [4.78, 5) is 10.5. The second kappa shape index (κ2) is 6.56. The van der Waals surface area contributed by atoms with Gasteiger partial charge < -0.3 is 9.84 Å². The van der Waals surface area contributed by atoms with Crippen LogP contribution in [0.4, 0.5) is 5.69 Å². The lowest BCUT2D eigenvalue weighted by Crippen LogP contribution is -2.01. The molecule has 0 spiro atoms. The summed E-state index contributed by atoms with van der Waals surface area (Å²) in [5.74, 6) is 0.539. The van der Waals surface area contributed by atoms with E-state index in [-0.39, 0.29) is 12.3 Å². The normalized spacial score (nSPS) is 12.0. The molecule has 1 atom stereocenters. The number of nitrogens with zero attached hydrogens (tertiary/aromatic N) is 1. The van der Waals surface area contributed by atoms with Crippen molar-refractivity contribution < 1.29 is 14.8 Å². The lowest BCUT2D eigenvalue weighted by Gasteiger charge is -2.10. The van der Waals surface area contributed by atoms with E-state index >= 15 is 0 Å². The van der Waals surface area contributed by atoms with Gasteiger partial charge in [0.1, 0.15) is 12.4 Å². The second-order valence-electron chi connectivity index (χ2n) is 4.57. The first-order valence-corrected chi connectivity index (χ1v) is 6.69. The summed E-state index contributed by atoms with van der Waals surface area (Å²) in [5, 5.41) is 20.8. The predicted molar refractivity (Wildman–Crippen MR) is 79.5 cm³/mol. The Morgan fingerprint density at radius 3 is 2.76 bits per heavy atom. The van der Waals surface area contributed by atoms with Crippen LogP contribution in [0.25, 0.3) is 0 Å². The minimum atomic E-state index is -0.599. The van der Waals surface area contributed by atoms with Crippen LogP contribution in [0.3, 0.4) is 0 Å². The minimum absolute atomic E-state index is 0.0523. The zero-order chi connectivity index (χ0) is 15.4. The average Bonchev–Trinajstić information content (AvgIpc) is 2.46. The molecule has 0 radical (unpaired) electrons. The molecule has 110 valence electrons. The number of hydrogen-bond donors (Lipinski definition) is 1. The van der Waals surface area contributed by atoms with Crippen LogP contribution < -0.4 is 4.74 Å². The first-order valence-electron chi connectivity index (χ1n) is 6.31. The van der Waals surface area contributed by atoms with Crippen molar-refractivity contribution in [2.45, 2.75) is 19.6 Å². The topological polar surface area (TPSA) is 72.6 Å². The molecule has 0 fully saturated rings. The van der Waals surface area contributed by atoms with Crippen molar-refractivity contribution in [2.24, 2.45) is 0 Å². The Kier molecular flexibility index (Phi) is 4.77. The number of nitro benzene ring substituents is 1. The molecule has 0 aliphatic rings. The smallest absolute Gasteiger partial charge is 0.277 e. The van der Waals surface area contributed by atoms with Gasteiger partial charge in [-0.3, -0.25) is 10.1 Å². The van der Waals surface area contributed by atoms with Gasteiger partial charge in [0, 0.05) is 11.1 Å². The fraction of sp³-hybridized carbons (Fsp3) is 0.200. The van der Waals surface area contributed by atoms with Gasteiger partial charge in [-0.05, 0) is 36.8 Å². The Morgan fingerprint density at radius 1 is 1.33 bits per heavy atom. The summed E-state index contributed by atoms with van der Waals surface area (Å²) in [7, 11) is 0. The van der Waals surface area contributed by atoms with Gasteiger partial charge in [-0.15, -0.1) is 0 Å². The molecule has 1 N–H and O–H groups in total. The van der Waals surface area contributed by atoms with Crippen molar-refractivity contribution in [3.8, 4) is 5.75 Å². The number of rotatable bonds is 5. The maximum absolute atomic E-state index is 11.0. The number of nitro groups is 1. The van der Waals surface area contributed by atoms with Crippen molar-refractivity contribution in [3.05, 3.63) is 68.7 Å². The summed E-state index contributed by atoms with van der Waals surface area (Å²) >= 11 is 5.76. The highest BCUT2D eigenvalue weighted by Gasteiger charge is 2.14. The highest BCUT2D eigenvalue weighted by atomic mass is 35.5. The van der Waals surface area contributed by atoms with Gasteiger partial charge in [0.2, 0.25) is 0 Å². The van der Waals surface area contributed by atoms with Gasteiger partial charge in [0.25, 0.3) is 5.69 Å². The molecular formula is C15H14ClNO4. The van der Waals surface area contributed by atoms with Crippen molar-refractivity contribution in [3.63, 3.8) is 0 Å². The van der Waals surface area contributed by atoms with Crippen LogP contribution in [0.5, 0.6) is 5.75 Å². The van der Waals surface area contributed by atoms with Crippen LogP contribution >= 0.6 is 11.6 Å². The number of halogens is 1. The third-order valence-corrected chi connectivity index (χ3v) is 3.21. The number of aliphatic hydroxyl groups is 1. The standard InChI is InChI=1S/C15H14ClNO4/c1-10(18)11-3-2-4-14(7-11)21-9-12-5-6-13(16)8-15(12)17(19)20/h2-8,10,18H,9H2,1H3/t10-/m1/s1. The zero-order valence-electron chi connectivity index (χ0n) is 11.3. The van der Waals surface area contributed by atoms with Gasteiger partial charge in [-0.25, -0.2) is 0 Å². The Morgan fingerprint density at radius 2 is 2.10 bits per heavy atom. The maximum atomic E-state index is 11.0. The molecule has 0 saturated heterocycles. The Labute approximate surface area is 126 Å². The fourth-order valence-electron chi connectivity index (χ4n) is 1.85. The minimum Gasteiger partial charge on any atom is -0.489 e. The summed E-state index contributed by atoms with van der Waals surface area (Å²) in [6.07, 6.45) is -0.599. The number of ether oxygens (including phenoxy) is 1. The van der Waals surface area contributed by atoms with Crippen molar-refractivity contribution >= 4 is 17.3 Å². The van der Waals surface area contributed by atoms with E-state index in [1.807, 2.05) is 0 Å². The lowest BCUT2D eigenvalue weighted by molar-refractivity contribution is -0.385. The largest absolute Gasteiger partial charge is 0.489 e. The Hall–Kier alpha value is -2.11. The first-order chi connectivity index (χ1) is 9.97. The molecule has 5 nitrogen and oxygen atoms in total. The third-order valence-electron chi connectivity index (χ3n) is 2.98. The molecule has 2 aromatic carbocycles. The van der Waals surface area contributed by atoms with Crippen LogP contribution in [0, 0.1) is 10.1 Å². The fourth-order valence-corrected chi connectivity index (χ4v) is 2.02. The quantitative estimate of drug-likeness (QED) is 0.672. The first kappa shape index (κ1) is 15.3. The van der Waals surface area contributed by atoms with E-state index in [0.29, 0.717) is 16.3 Å². The molecule has 6 heteroatoms. The monoisotopic (exact) mass is 307 g/mol. The molecule has 2 aromatic rings. The molecular weight excluding hydrogens is 294 g/mol. The summed E-state index contributed by atoms with van der Waals surface area (Å²) in [5.41, 5.74) is 1.08. The van der Waals surface area contributed by atoms with Crippen LogP contribution in [-0.2, 0) is 6.61 Å². The molecule has 2 rings (SSSR count). The highest BCUT2D eigenvalue weighted by molar-refractivity contribution is 6.30. The van der Waals surface area contributed by atoms with Crippen LogP contribution in [0.15, 0.2) is 42.5 Å². The van der Waals surface area contributed by atoms with Crippen LogP contribution in [0.2, 0.25) is 5.02 Å². The summed E-state index contributed by atoms with van der Waals surface area (Å²) < 4.78 is 5.55. The number of benzene rings is 2. The average molecular weight is 308 g/mol. The third kappa shape index (κ3) is 3.93. The van der Waals surface area contributed by atoms with Gasteiger partial charge in [0.15, 0.2) is 0 Å². The summed E-state index contributed by atoms with van der Waals surface area (Å²) in [6, 6.07) is 11.4. The lowest BCUT2D eigenvalue weighted by atomic mass is 10.1. The molecule has 0 aromatic heterocycles. The van der Waals surface area contributed by atoms with Gasteiger partial charge >= 0.3 is 0 Å². The SMILES string of the molecule is C[C@@H](O)c1cccc(OCc2ccc(Cl)cc2[N+](=O)[O-])c1. The van der Waals surface area contributed by atoms with Crippen LogP contribution in [-0.4, -0.2) is 10.0 Å². The van der Waals surface area contributed by atoms with E-state index in [1.165, 1.54) is 6.07 Å². The van der Waals surface area contributed by atoms with E-state index in [4.69, 9.17) is 16.3 Å². The van der Waals surface area contributed by atoms with E-state index in [0.717, 1.165) is 5.56 Å². The van der Waals surface area contributed by atoms with E-state index in [1.54, 1.807) is 43.3 Å². The molecule has 21 heavy (non-hydrogen) atoms. The Bertz CT molecular complexity index is 658. The van der Waals surface area contributed by atoms with Crippen molar-refractivity contribution in [2.75, 3.05) is 0 Å². The van der Waals surface area contributed by atoms with E-state index in [9.17, 15) is 15.2 Å². The molecule has 0 unspecified atom stereocenters. The number of aliphatic hydroxyl groups excluding tert-OH is 1. The molecule has 0 aliphatic carbocycles. The highest BCUT2D eigenvalue weighted by Crippen LogP contribution is 2.25. The second-order valence-corrected chi connectivity index (χ2v) is 5.00. The van der Waals surface area contributed by atoms with Crippen molar-refractivity contribution in [1.82, 2.24) is 0 Å². The molecule has 0 heterocycles. The van der Waals surface area contributed by atoms with E-state index in [2.05, 4.69) is 0 Å². The Balaban J connectivity index is 2.17. The molecule has 0 amide bonds. The van der Waals surface area contributed by atoms with Gasteiger partial charge in [-0.2, -0.15) is 0 Å². The molecule has 0 bridgehead atoms. The zero-order valence-corrected chi connectivity index (χ0v) is 12.1. The summed E-state index contributed by atoms with van der Waals surface area (Å²) in [6.45, 7) is 1.71. The van der Waals surface area contributed by atoms with Crippen LogP contribution in [0.1, 0.15) is 24.2 Å². The number of hydrogen-bond acceptors (Lipinski definition) is 4. The van der Waals surface area contributed by atoms with Crippen molar-refractivity contribution in [1.29, 1.82) is 0 Å². The van der Waals surface area contributed by atoms with E-state index < -0.39 is 11.0 Å².